The van der Waals surface area contributed by atoms with Crippen molar-refractivity contribution in [2.45, 2.75) is 51.1 Å². The molecule has 35 heavy (non-hydrogen) atoms. The molecule has 2 aromatic carbocycles. The average molecular weight is 488 g/mol. The molecule has 1 aromatic heterocycles. The largest absolute Gasteiger partial charge is 0.457 e. The first-order chi connectivity index (χ1) is 17.2. The van der Waals surface area contributed by atoms with Crippen molar-refractivity contribution in [1.29, 1.82) is 0 Å². The fourth-order valence-corrected chi connectivity index (χ4v) is 6.64. The Morgan fingerprint density at radius 3 is 2.40 bits per heavy atom. The standard InChI is InChI=1S/C29H33N3O2S/c33-27(21-13-17-32(18-14-21)23-5-4-6-23)19-31-16-15-26-28(20-31)35-29(30-26)22-9-11-25(12-10-22)34-24-7-2-1-3-8-24/h1-3,7-12,21,23H,4-6,13-20H2. The predicted molar refractivity (Wildman–Crippen MR) is 140 cm³/mol. The van der Waals surface area contributed by atoms with Gasteiger partial charge in [-0.2, -0.15) is 0 Å². The number of likely N-dealkylation sites (tertiary alicyclic amines) is 1. The first-order valence-electron chi connectivity index (χ1n) is 13.0. The SMILES string of the molecule is O=C(CN1CCc2nc(-c3ccc(Oc4ccccc4)cc3)sc2C1)C1CCN(C2CCC2)CC1. The molecule has 6 rings (SSSR count). The zero-order chi connectivity index (χ0) is 23.6. The summed E-state index contributed by atoms with van der Waals surface area (Å²) >= 11 is 1.77. The van der Waals surface area contributed by atoms with E-state index in [1.54, 1.807) is 11.3 Å². The minimum absolute atomic E-state index is 0.251. The third-order valence-corrected chi connectivity index (χ3v) is 8.98. The molecule has 0 spiro atoms. The van der Waals surface area contributed by atoms with Gasteiger partial charge in [0.2, 0.25) is 0 Å². The van der Waals surface area contributed by atoms with Gasteiger partial charge in [-0.05, 0) is 75.2 Å². The molecule has 0 radical (unpaired) electrons. The topological polar surface area (TPSA) is 45.7 Å². The summed E-state index contributed by atoms with van der Waals surface area (Å²) in [5.41, 5.74) is 2.32. The summed E-state index contributed by atoms with van der Waals surface area (Å²) in [5.74, 6) is 2.36. The van der Waals surface area contributed by atoms with Gasteiger partial charge in [0, 0.05) is 41.9 Å². The second-order valence-corrected chi connectivity index (χ2v) is 11.2. The zero-order valence-corrected chi connectivity index (χ0v) is 21.0. The van der Waals surface area contributed by atoms with Crippen molar-refractivity contribution in [3.05, 3.63) is 65.2 Å². The average Bonchev–Trinajstić information content (AvgIpc) is 3.28. The second kappa shape index (κ2) is 10.2. The number of aromatic nitrogens is 1. The molecule has 182 valence electrons. The lowest BCUT2D eigenvalue weighted by Crippen LogP contribution is -2.47. The number of Topliss-reactive ketones (excluding diaryl/α,β-unsaturated/α-hetero) is 1. The maximum Gasteiger partial charge on any atom is 0.150 e. The van der Waals surface area contributed by atoms with E-state index in [0.717, 1.165) is 73.6 Å². The van der Waals surface area contributed by atoms with E-state index < -0.39 is 0 Å². The molecule has 6 heteroatoms. The van der Waals surface area contributed by atoms with Crippen LogP contribution in [0.25, 0.3) is 10.6 Å². The summed E-state index contributed by atoms with van der Waals surface area (Å²) in [6.07, 6.45) is 7.11. The fourth-order valence-electron chi connectivity index (χ4n) is 5.48. The zero-order valence-electron chi connectivity index (χ0n) is 20.2. The number of carbonyl (C=O) groups excluding carboxylic acids is 1. The molecule has 5 nitrogen and oxygen atoms in total. The van der Waals surface area contributed by atoms with Gasteiger partial charge in [0.15, 0.2) is 0 Å². The van der Waals surface area contributed by atoms with Gasteiger partial charge in [-0.25, -0.2) is 4.98 Å². The third-order valence-electron chi connectivity index (χ3n) is 7.85. The third kappa shape index (κ3) is 5.20. The lowest BCUT2D eigenvalue weighted by molar-refractivity contribution is -0.126. The van der Waals surface area contributed by atoms with Crippen molar-refractivity contribution in [2.75, 3.05) is 26.2 Å². The van der Waals surface area contributed by atoms with Gasteiger partial charge in [-0.3, -0.25) is 9.69 Å². The van der Waals surface area contributed by atoms with E-state index in [1.165, 1.54) is 29.8 Å². The molecule has 2 fully saturated rings. The number of hydrogen-bond donors (Lipinski definition) is 0. The lowest BCUT2D eigenvalue weighted by Gasteiger charge is -2.41. The van der Waals surface area contributed by atoms with E-state index in [1.807, 2.05) is 42.5 Å². The highest BCUT2D eigenvalue weighted by Crippen LogP contribution is 2.34. The van der Waals surface area contributed by atoms with Gasteiger partial charge in [0.05, 0.1) is 12.2 Å². The number of piperidine rings is 1. The van der Waals surface area contributed by atoms with Crippen LogP contribution in [0.15, 0.2) is 54.6 Å². The first-order valence-corrected chi connectivity index (χ1v) is 13.8. The maximum atomic E-state index is 13.0. The Morgan fingerprint density at radius 1 is 0.943 bits per heavy atom. The monoisotopic (exact) mass is 487 g/mol. The Morgan fingerprint density at radius 2 is 1.69 bits per heavy atom. The molecule has 0 unspecified atom stereocenters. The Labute approximate surface area is 211 Å². The Balaban J connectivity index is 1.04. The number of fused-ring (bicyclic) bond motifs is 1. The van der Waals surface area contributed by atoms with Crippen LogP contribution in [0.4, 0.5) is 0 Å². The molecule has 0 bridgehead atoms. The molecule has 1 saturated carbocycles. The Bertz CT molecular complexity index is 1150. The number of para-hydroxylation sites is 1. The van der Waals surface area contributed by atoms with Crippen LogP contribution in [-0.4, -0.2) is 52.8 Å². The summed E-state index contributed by atoms with van der Waals surface area (Å²) in [5, 5.41) is 1.05. The number of benzene rings is 2. The van der Waals surface area contributed by atoms with E-state index in [4.69, 9.17) is 9.72 Å². The molecule has 3 aromatic rings. The van der Waals surface area contributed by atoms with Gasteiger partial charge in [-0.1, -0.05) is 24.6 Å². The van der Waals surface area contributed by atoms with Crippen LogP contribution in [0.5, 0.6) is 11.5 Å². The summed E-state index contributed by atoms with van der Waals surface area (Å²) in [4.78, 5) is 24.2. The number of ether oxygens (including phenoxy) is 1. The summed E-state index contributed by atoms with van der Waals surface area (Å²) in [6.45, 7) is 4.57. The van der Waals surface area contributed by atoms with E-state index in [0.29, 0.717) is 12.3 Å². The minimum Gasteiger partial charge on any atom is -0.457 e. The number of nitrogens with zero attached hydrogens (tertiary/aromatic N) is 3. The first kappa shape index (κ1) is 22.9. The predicted octanol–water partition coefficient (Wildman–Crippen LogP) is 5.79. The van der Waals surface area contributed by atoms with Crippen molar-refractivity contribution < 1.29 is 9.53 Å². The highest BCUT2D eigenvalue weighted by molar-refractivity contribution is 7.15. The minimum atomic E-state index is 0.251. The van der Waals surface area contributed by atoms with Crippen LogP contribution in [0.3, 0.4) is 0 Å². The fraction of sp³-hybridized carbons (Fsp3) is 0.448. The van der Waals surface area contributed by atoms with Crippen molar-refractivity contribution in [1.82, 2.24) is 14.8 Å². The smallest absolute Gasteiger partial charge is 0.150 e. The van der Waals surface area contributed by atoms with Gasteiger partial charge >= 0.3 is 0 Å². The van der Waals surface area contributed by atoms with Crippen LogP contribution in [0.2, 0.25) is 0 Å². The van der Waals surface area contributed by atoms with Crippen LogP contribution in [0, 0.1) is 5.92 Å². The van der Waals surface area contributed by atoms with Crippen LogP contribution in [0.1, 0.15) is 42.7 Å². The second-order valence-electron chi connectivity index (χ2n) is 10.2. The van der Waals surface area contributed by atoms with Gasteiger partial charge in [0.1, 0.15) is 22.3 Å². The molecular formula is C29H33N3O2S. The van der Waals surface area contributed by atoms with E-state index >= 15 is 0 Å². The molecule has 0 amide bonds. The molecule has 0 atom stereocenters. The van der Waals surface area contributed by atoms with Crippen LogP contribution < -0.4 is 4.74 Å². The normalized spacial score (nSPS) is 19.8. The Hall–Kier alpha value is -2.54. The van der Waals surface area contributed by atoms with Crippen molar-refractivity contribution in [2.24, 2.45) is 5.92 Å². The van der Waals surface area contributed by atoms with Crippen molar-refractivity contribution in [3.63, 3.8) is 0 Å². The van der Waals surface area contributed by atoms with Crippen LogP contribution >= 0.6 is 11.3 Å². The highest BCUT2D eigenvalue weighted by atomic mass is 32.1. The van der Waals surface area contributed by atoms with Crippen LogP contribution in [-0.2, 0) is 17.8 Å². The summed E-state index contributed by atoms with van der Waals surface area (Å²) < 4.78 is 5.92. The van der Waals surface area contributed by atoms with Gasteiger partial charge in [0.25, 0.3) is 0 Å². The number of thiazole rings is 1. The van der Waals surface area contributed by atoms with Crippen molar-refractivity contribution in [3.8, 4) is 22.1 Å². The number of rotatable bonds is 7. The van der Waals surface area contributed by atoms with E-state index in [-0.39, 0.29) is 5.92 Å². The molecule has 1 aliphatic carbocycles. The highest BCUT2D eigenvalue weighted by Gasteiger charge is 2.32. The lowest BCUT2D eigenvalue weighted by atomic mass is 9.86. The summed E-state index contributed by atoms with van der Waals surface area (Å²) in [6, 6.07) is 18.8. The molecule has 2 aliphatic heterocycles. The molecule has 3 heterocycles. The van der Waals surface area contributed by atoms with Crippen molar-refractivity contribution >= 4 is 17.1 Å². The number of hydrogen-bond acceptors (Lipinski definition) is 6. The maximum absolute atomic E-state index is 13.0. The van der Waals surface area contributed by atoms with Gasteiger partial charge < -0.3 is 9.64 Å². The molecule has 1 saturated heterocycles. The summed E-state index contributed by atoms with van der Waals surface area (Å²) in [7, 11) is 0. The molecule has 0 N–H and O–H groups in total. The molecule has 3 aliphatic rings. The number of ketones is 1. The van der Waals surface area contributed by atoms with Gasteiger partial charge in [-0.15, -0.1) is 11.3 Å². The molecular weight excluding hydrogens is 454 g/mol. The van der Waals surface area contributed by atoms with E-state index in [2.05, 4.69) is 21.9 Å². The Kier molecular flexibility index (Phi) is 6.68. The quantitative estimate of drug-likeness (QED) is 0.422. The number of carbonyl (C=O) groups is 1. The van der Waals surface area contributed by atoms with E-state index in [9.17, 15) is 4.79 Å².